The van der Waals surface area contributed by atoms with Crippen LogP contribution in [0.15, 0.2) is 60.7 Å². The molecule has 7 nitrogen and oxygen atoms in total. The maximum absolute atomic E-state index is 13.0. The quantitative estimate of drug-likeness (QED) is 0.201. The molecule has 0 bridgehead atoms. The van der Waals surface area contributed by atoms with Gasteiger partial charge in [-0.15, -0.1) is 0 Å². The van der Waals surface area contributed by atoms with Gasteiger partial charge in [0.05, 0.1) is 17.6 Å². The Balaban J connectivity index is 1.83. The normalized spacial score (nSPS) is 11.4. The van der Waals surface area contributed by atoms with Gasteiger partial charge in [-0.2, -0.15) is 0 Å². The average Bonchev–Trinajstić information content (AvgIpc) is 3.14. The van der Waals surface area contributed by atoms with Gasteiger partial charge in [0, 0.05) is 12.6 Å². The number of nitrogens with zero attached hydrogens (tertiary/aromatic N) is 3. The maximum Gasteiger partial charge on any atom is 0.344 e. The molecule has 2 aromatic heterocycles. The van der Waals surface area contributed by atoms with Crippen LogP contribution in [0.1, 0.15) is 49.0 Å². The first-order chi connectivity index (χ1) is 16.6. The summed E-state index contributed by atoms with van der Waals surface area (Å²) in [6, 6.07) is 17.1. The summed E-state index contributed by atoms with van der Waals surface area (Å²) in [7, 11) is 0. The molecule has 4 aromatic rings. The average molecular weight is 457 g/mol. The third kappa shape index (κ3) is 4.98. The van der Waals surface area contributed by atoms with Crippen LogP contribution in [0.4, 0.5) is 5.82 Å². The number of ether oxygens (including phenoxy) is 1. The predicted molar refractivity (Wildman–Crippen MR) is 135 cm³/mol. The molecule has 0 saturated carbocycles. The van der Waals surface area contributed by atoms with E-state index in [-0.39, 0.29) is 18.1 Å². The van der Waals surface area contributed by atoms with Crippen LogP contribution in [-0.4, -0.2) is 33.0 Å². The summed E-state index contributed by atoms with van der Waals surface area (Å²) in [4.78, 5) is 35.5. The summed E-state index contributed by atoms with van der Waals surface area (Å²) in [5.41, 5.74) is 3.51. The molecule has 1 N–H and O–H groups in total. The van der Waals surface area contributed by atoms with Gasteiger partial charge in [0.2, 0.25) is 5.91 Å². The number of para-hydroxylation sites is 2. The molecule has 0 aliphatic heterocycles. The third-order valence-corrected chi connectivity index (χ3v) is 5.48. The summed E-state index contributed by atoms with van der Waals surface area (Å²) in [5, 5.41) is 2.92. The van der Waals surface area contributed by atoms with E-state index in [2.05, 4.69) is 12.2 Å². The lowest BCUT2D eigenvalue weighted by molar-refractivity contribution is -0.111. The Bertz CT molecular complexity index is 1340. The van der Waals surface area contributed by atoms with Crippen molar-refractivity contribution in [1.29, 1.82) is 0 Å². The molecule has 0 atom stereocenters. The highest BCUT2D eigenvalue weighted by Gasteiger charge is 2.27. The van der Waals surface area contributed by atoms with Crippen LogP contribution in [0.25, 0.3) is 28.3 Å². The molecule has 0 radical (unpaired) electrons. The molecule has 34 heavy (non-hydrogen) atoms. The van der Waals surface area contributed by atoms with Gasteiger partial charge in [0.15, 0.2) is 5.65 Å². The number of fused-ring (bicyclic) bond motifs is 2. The van der Waals surface area contributed by atoms with Crippen molar-refractivity contribution in [3.8, 4) is 0 Å². The molecule has 0 spiro atoms. The second kappa shape index (κ2) is 10.7. The van der Waals surface area contributed by atoms with Crippen LogP contribution in [0, 0.1) is 0 Å². The lowest BCUT2D eigenvalue weighted by Gasteiger charge is -2.11. The minimum Gasteiger partial charge on any atom is -0.462 e. The molecule has 0 saturated heterocycles. The van der Waals surface area contributed by atoms with Gasteiger partial charge in [-0.1, -0.05) is 62.2 Å². The number of esters is 1. The fourth-order valence-electron chi connectivity index (χ4n) is 3.86. The first-order valence-corrected chi connectivity index (χ1v) is 11.6. The molecular formula is C27H28N4O3. The molecule has 174 valence electrons. The SMILES string of the molecule is CCCCCn1c(NC(=O)/C=C/c2ccccc2)c(C(=O)OCC)c2nc3ccccc3nc21. The van der Waals surface area contributed by atoms with Gasteiger partial charge < -0.3 is 14.6 Å². The van der Waals surface area contributed by atoms with Crippen molar-refractivity contribution in [2.45, 2.75) is 39.7 Å². The fraction of sp³-hybridized carbons (Fsp3) is 0.259. The number of aromatic nitrogens is 3. The Morgan fingerprint density at radius 1 is 0.971 bits per heavy atom. The summed E-state index contributed by atoms with van der Waals surface area (Å²) in [5.74, 6) is -0.519. The molecule has 2 heterocycles. The van der Waals surface area contributed by atoms with Gasteiger partial charge in [-0.3, -0.25) is 4.79 Å². The summed E-state index contributed by atoms with van der Waals surface area (Å²) < 4.78 is 7.23. The van der Waals surface area contributed by atoms with Gasteiger partial charge in [0.1, 0.15) is 16.9 Å². The van der Waals surface area contributed by atoms with Gasteiger partial charge in [0.25, 0.3) is 0 Å². The van der Waals surface area contributed by atoms with Crippen LogP contribution in [0.3, 0.4) is 0 Å². The monoisotopic (exact) mass is 456 g/mol. The number of carbonyl (C=O) groups excluding carboxylic acids is 2. The first kappa shape index (κ1) is 23.2. The highest BCUT2D eigenvalue weighted by Crippen LogP contribution is 2.31. The number of carbonyl (C=O) groups is 2. The molecule has 7 heteroatoms. The van der Waals surface area contributed by atoms with Gasteiger partial charge in [-0.05, 0) is 37.1 Å². The molecular weight excluding hydrogens is 428 g/mol. The number of anilines is 1. The second-order valence-corrected chi connectivity index (χ2v) is 7.92. The first-order valence-electron chi connectivity index (χ1n) is 11.6. The van der Waals surface area contributed by atoms with E-state index in [0.29, 0.717) is 29.0 Å². The second-order valence-electron chi connectivity index (χ2n) is 7.92. The molecule has 0 fully saturated rings. The minimum atomic E-state index is -0.534. The molecule has 1 amide bonds. The fourth-order valence-corrected chi connectivity index (χ4v) is 3.86. The van der Waals surface area contributed by atoms with Crippen molar-refractivity contribution in [2.75, 3.05) is 11.9 Å². The van der Waals surface area contributed by atoms with E-state index >= 15 is 0 Å². The lowest BCUT2D eigenvalue weighted by atomic mass is 10.2. The van der Waals surface area contributed by atoms with Crippen LogP contribution >= 0.6 is 0 Å². The Kier molecular flexibility index (Phi) is 7.32. The smallest absolute Gasteiger partial charge is 0.344 e. The highest BCUT2D eigenvalue weighted by atomic mass is 16.5. The number of rotatable bonds is 9. The largest absolute Gasteiger partial charge is 0.462 e. The van der Waals surface area contributed by atoms with Crippen molar-refractivity contribution in [1.82, 2.24) is 14.5 Å². The number of nitrogens with one attached hydrogen (secondary N) is 1. The zero-order chi connectivity index (χ0) is 23.9. The van der Waals surface area contributed by atoms with Crippen LogP contribution in [-0.2, 0) is 16.1 Å². The summed E-state index contributed by atoms with van der Waals surface area (Å²) in [6.07, 6.45) is 6.11. The zero-order valence-electron chi connectivity index (χ0n) is 19.5. The molecule has 4 rings (SSSR count). The number of unbranched alkanes of at least 4 members (excludes halogenated alkanes) is 2. The van der Waals surface area contributed by atoms with Crippen LogP contribution in [0.5, 0.6) is 0 Å². The van der Waals surface area contributed by atoms with E-state index in [1.807, 2.05) is 59.2 Å². The maximum atomic E-state index is 13.0. The van der Waals surface area contributed by atoms with Gasteiger partial charge >= 0.3 is 5.97 Å². The summed E-state index contributed by atoms with van der Waals surface area (Å²) in [6.45, 7) is 4.68. The van der Waals surface area contributed by atoms with Crippen molar-refractivity contribution in [3.63, 3.8) is 0 Å². The third-order valence-electron chi connectivity index (χ3n) is 5.48. The number of aryl methyl sites for hydroxylation is 1. The van der Waals surface area contributed by atoms with E-state index in [4.69, 9.17) is 14.7 Å². The number of amides is 1. The summed E-state index contributed by atoms with van der Waals surface area (Å²) >= 11 is 0. The Morgan fingerprint density at radius 2 is 1.68 bits per heavy atom. The van der Waals surface area contributed by atoms with E-state index in [1.165, 1.54) is 6.08 Å². The number of hydrogen-bond acceptors (Lipinski definition) is 5. The van der Waals surface area contributed by atoms with Crippen molar-refractivity contribution < 1.29 is 14.3 Å². The minimum absolute atomic E-state index is 0.212. The molecule has 0 unspecified atom stereocenters. The van der Waals surface area contributed by atoms with Crippen LogP contribution < -0.4 is 5.32 Å². The Morgan fingerprint density at radius 3 is 2.38 bits per heavy atom. The molecule has 2 aromatic carbocycles. The van der Waals surface area contributed by atoms with Crippen molar-refractivity contribution >= 4 is 46.0 Å². The predicted octanol–water partition coefficient (Wildman–Crippen LogP) is 5.60. The van der Waals surface area contributed by atoms with Crippen LogP contribution in [0.2, 0.25) is 0 Å². The standard InChI is InChI=1S/C27H28N4O3/c1-3-5-11-18-31-25(30-22(32)17-16-19-12-7-6-8-13-19)23(27(33)34-4-2)24-26(31)29-21-15-10-9-14-20(21)28-24/h6-10,12-17H,3-5,11,18H2,1-2H3,(H,30,32)/b17-16+. The van der Waals surface area contributed by atoms with Crippen molar-refractivity contribution in [2.24, 2.45) is 0 Å². The number of benzene rings is 2. The van der Waals surface area contributed by atoms with E-state index < -0.39 is 5.97 Å². The number of hydrogen-bond donors (Lipinski definition) is 1. The van der Waals surface area contributed by atoms with E-state index in [1.54, 1.807) is 13.0 Å². The Labute approximate surface area is 198 Å². The lowest BCUT2D eigenvalue weighted by Crippen LogP contribution is -2.16. The van der Waals surface area contributed by atoms with Crippen molar-refractivity contribution in [3.05, 3.63) is 71.8 Å². The highest BCUT2D eigenvalue weighted by molar-refractivity contribution is 6.13. The topological polar surface area (TPSA) is 86.1 Å². The molecule has 0 aliphatic carbocycles. The zero-order valence-corrected chi connectivity index (χ0v) is 19.5. The Hall–Kier alpha value is -4.00. The molecule has 0 aliphatic rings. The van der Waals surface area contributed by atoms with E-state index in [9.17, 15) is 9.59 Å². The van der Waals surface area contributed by atoms with Gasteiger partial charge in [-0.25, -0.2) is 14.8 Å². The van der Waals surface area contributed by atoms with E-state index in [0.717, 1.165) is 30.3 Å².